The average molecular weight is 388 g/mol. The molecule has 3 heterocycles. The van der Waals surface area contributed by atoms with E-state index in [4.69, 9.17) is 18.4 Å². The summed E-state index contributed by atoms with van der Waals surface area (Å²) in [7, 11) is 0. The summed E-state index contributed by atoms with van der Waals surface area (Å²) in [4.78, 5) is 12.4. The van der Waals surface area contributed by atoms with E-state index in [2.05, 4.69) is 20.7 Å². The van der Waals surface area contributed by atoms with Crippen LogP contribution in [0.5, 0.6) is 11.5 Å². The normalized spacial score (nSPS) is 13.6. The fourth-order valence-electron chi connectivity index (χ4n) is 2.48. The van der Waals surface area contributed by atoms with Crippen LogP contribution in [0.3, 0.4) is 0 Å². The number of ether oxygens (including phenoxy) is 2. The number of hydrogen-bond donors (Lipinski definition) is 1. The van der Waals surface area contributed by atoms with E-state index in [0.29, 0.717) is 46.2 Å². The van der Waals surface area contributed by atoms with E-state index in [1.165, 1.54) is 11.8 Å². The van der Waals surface area contributed by atoms with Crippen molar-refractivity contribution in [1.29, 1.82) is 0 Å². The van der Waals surface area contributed by atoms with Gasteiger partial charge in [0.15, 0.2) is 17.3 Å². The van der Waals surface area contributed by atoms with Crippen molar-refractivity contribution in [2.75, 3.05) is 12.1 Å². The average Bonchev–Trinajstić information content (AvgIpc) is 3.39. The van der Waals surface area contributed by atoms with Gasteiger partial charge < -0.3 is 23.7 Å². The van der Waals surface area contributed by atoms with Crippen LogP contribution in [0.1, 0.15) is 19.1 Å². The van der Waals surface area contributed by atoms with Crippen LogP contribution in [0, 0.1) is 6.92 Å². The van der Waals surface area contributed by atoms with Gasteiger partial charge in [-0.05, 0) is 31.5 Å². The van der Waals surface area contributed by atoms with E-state index in [1.54, 1.807) is 25.1 Å². The zero-order valence-corrected chi connectivity index (χ0v) is 15.4. The van der Waals surface area contributed by atoms with Crippen molar-refractivity contribution in [3.63, 3.8) is 0 Å². The highest BCUT2D eigenvalue weighted by molar-refractivity contribution is 8.00. The van der Waals surface area contributed by atoms with Gasteiger partial charge in [-0.1, -0.05) is 23.8 Å². The summed E-state index contributed by atoms with van der Waals surface area (Å²) < 4.78 is 21.3. The van der Waals surface area contributed by atoms with E-state index >= 15 is 0 Å². The van der Waals surface area contributed by atoms with Gasteiger partial charge in [0.2, 0.25) is 18.6 Å². The van der Waals surface area contributed by atoms with Crippen LogP contribution in [-0.4, -0.2) is 33.3 Å². The predicted octanol–water partition coefficient (Wildman–Crippen LogP) is 3.27. The Morgan fingerprint density at radius 2 is 2.11 bits per heavy atom. The molecule has 4 rings (SSSR count). The van der Waals surface area contributed by atoms with Gasteiger partial charge >= 0.3 is 0 Å². The van der Waals surface area contributed by atoms with Gasteiger partial charge in [0.25, 0.3) is 5.22 Å². The molecule has 0 spiro atoms. The van der Waals surface area contributed by atoms with E-state index in [9.17, 15) is 4.79 Å². The quantitative estimate of drug-likeness (QED) is 0.636. The van der Waals surface area contributed by atoms with E-state index in [0.717, 1.165) is 0 Å². The van der Waals surface area contributed by atoms with Crippen LogP contribution in [0.25, 0.3) is 11.5 Å². The molecule has 0 unspecified atom stereocenters. The number of nitrogens with one attached hydrogen (secondary N) is 1. The second kappa shape index (κ2) is 7.31. The Morgan fingerprint density at radius 3 is 2.89 bits per heavy atom. The van der Waals surface area contributed by atoms with Crippen molar-refractivity contribution in [2.45, 2.75) is 30.7 Å². The van der Waals surface area contributed by atoms with Crippen LogP contribution < -0.4 is 14.8 Å². The minimum atomic E-state index is -0.410. The Bertz CT molecular complexity index is 970. The summed E-state index contributed by atoms with van der Waals surface area (Å²) in [5, 5.41) is 14.5. The molecule has 2 aromatic heterocycles. The molecule has 27 heavy (non-hydrogen) atoms. The number of aryl methyl sites for hydroxylation is 1. The highest BCUT2D eigenvalue weighted by Gasteiger charge is 2.23. The largest absolute Gasteiger partial charge is 0.454 e. The lowest BCUT2D eigenvalue weighted by atomic mass is 10.2. The zero-order chi connectivity index (χ0) is 18.8. The number of hydrogen-bond acceptors (Lipinski definition) is 9. The number of rotatable bonds is 6. The van der Waals surface area contributed by atoms with Crippen molar-refractivity contribution in [1.82, 2.24) is 15.4 Å². The Hall–Kier alpha value is -3.01. The number of thioether (sulfide) groups is 1. The van der Waals surface area contributed by atoms with Crippen LogP contribution in [-0.2, 0) is 4.79 Å². The summed E-state index contributed by atoms with van der Waals surface area (Å²) >= 11 is 1.20. The van der Waals surface area contributed by atoms with E-state index < -0.39 is 5.25 Å². The first-order valence-electron chi connectivity index (χ1n) is 8.26. The molecule has 140 valence electrons. The first-order valence-corrected chi connectivity index (χ1v) is 9.14. The van der Waals surface area contributed by atoms with E-state index in [1.807, 2.05) is 13.0 Å². The number of carbonyl (C=O) groups is 1. The van der Waals surface area contributed by atoms with Crippen molar-refractivity contribution in [2.24, 2.45) is 0 Å². The van der Waals surface area contributed by atoms with Gasteiger partial charge in [-0.2, -0.15) is 0 Å². The summed E-state index contributed by atoms with van der Waals surface area (Å²) in [6.45, 7) is 3.85. The third-order valence-corrected chi connectivity index (χ3v) is 5.01. The van der Waals surface area contributed by atoms with Gasteiger partial charge in [-0.25, -0.2) is 0 Å². The van der Waals surface area contributed by atoms with Gasteiger partial charge in [0.1, 0.15) is 5.76 Å². The lowest BCUT2D eigenvalue weighted by molar-refractivity contribution is -0.115. The van der Waals surface area contributed by atoms with Crippen LogP contribution in [0.15, 0.2) is 38.4 Å². The Kier molecular flexibility index (Phi) is 4.71. The molecule has 1 aliphatic heterocycles. The third kappa shape index (κ3) is 3.75. The van der Waals surface area contributed by atoms with Crippen LogP contribution in [0.4, 0.5) is 5.82 Å². The van der Waals surface area contributed by atoms with Gasteiger partial charge in [0.05, 0.1) is 5.25 Å². The molecule has 3 aromatic rings. The van der Waals surface area contributed by atoms with E-state index in [-0.39, 0.29) is 12.7 Å². The van der Waals surface area contributed by atoms with Crippen LogP contribution in [0.2, 0.25) is 0 Å². The summed E-state index contributed by atoms with van der Waals surface area (Å²) in [5.74, 6) is 2.45. The third-order valence-electron chi connectivity index (χ3n) is 3.81. The molecule has 1 aliphatic rings. The first kappa shape index (κ1) is 17.4. The molecule has 0 radical (unpaired) electrons. The highest BCUT2D eigenvalue weighted by atomic mass is 32.2. The number of aromatic nitrogens is 3. The summed E-state index contributed by atoms with van der Waals surface area (Å²) in [6.07, 6.45) is 0.578. The van der Waals surface area contributed by atoms with Gasteiger partial charge in [-0.15, -0.1) is 10.2 Å². The molecule has 1 atom stereocenters. The minimum absolute atomic E-state index is 0.196. The molecule has 0 bridgehead atoms. The molecule has 10 heteroatoms. The first-order chi connectivity index (χ1) is 13.1. The number of benzene rings is 1. The molecule has 0 fully saturated rings. The lowest BCUT2D eigenvalue weighted by Crippen LogP contribution is -2.24. The number of fused-ring (bicyclic) bond motifs is 1. The SMILES string of the molecule is CC[C@@H](Sc1nnc(-c2ccc3c(c2)OCO3)o1)C(=O)Nc1cc(C)on1. The lowest BCUT2D eigenvalue weighted by Gasteiger charge is -2.10. The summed E-state index contributed by atoms with van der Waals surface area (Å²) in [6, 6.07) is 7.03. The molecule has 9 nitrogen and oxygen atoms in total. The minimum Gasteiger partial charge on any atom is -0.454 e. The van der Waals surface area contributed by atoms with Crippen molar-refractivity contribution >= 4 is 23.5 Å². The second-order valence-electron chi connectivity index (χ2n) is 5.77. The maximum atomic E-state index is 12.4. The molecule has 1 amide bonds. The Morgan fingerprint density at radius 1 is 1.26 bits per heavy atom. The monoisotopic (exact) mass is 388 g/mol. The zero-order valence-electron chi connectivity index (χ0n) is 14.6. The Balaban J connectivity index is 1.45. The maximum Gasteiger partial charge on any atom is 0.277 e. The topological polar surface area (TPSA) is 113 Å². The van der Waals surface area contributed by atoms with Crippen molar-refractivity contribution in [3.8, 4) is 23.0 Å². The van der Waals surface area contributed by atoms with Gasteiger partial charge in [0, 0.05) is 11.6 Å². The van der Waals surface area contributed by atoms with Crippen molar-refractivity contribution in [3.05, 3.63) is 30.0 Å². The number of amides is 1. The number of carbonyl (C=O) groups excluding carboxylic acids is 1. The molecule has 0 aliphatic carbocycles. The van der Waals surface area contributed by atoms with Gasteiger partial charge in [-0.3, -0.25) is 4.79 Å². The highest BCUT2D eigenvalue weighted by Crippen LogP contribution is 2.36. The molecule has 1 aromatic carbocycles. The number of nitrogens with zero attached hydrogens (tertiary/aromatic N) is 3. The fourth-order valence-corrected chi connectivity index (χ4v) is 3.27. The predicted molar refractivity (Wildman–Crippen MR) is 95.7 cm³/mol. The molecular weight excluding hydrogens is 372 g/mol. The van der Waals surface area contributed by atoms with Crippen LogP contribution >= 0.6 is 11.8 Å². The summed E-state index contributed by atoms with van der Waals surface area (Å²) in [5.41, 5.74) is 0.717. The maximum absolute atomic E-state index is 12.4. The smallest absolute Gasteiger partial charge is 0.277 e. The molecule has 0 saturated heterocycles. The fraction of sp³-hybridized carbons (Fsp3) is 0.294. The molecular formula is C17H16N4O5S. The standard InChI is InChI=1S/C17H16N4O5S/c1-3-13(15(22)18-14-6-9(2)26-21-14)27-17-20-19-16(25-17)10-4-5-11-12(7-10)24-8-23-11/h4-7,13H,3,8H2,1-2H3,(H,18,21,22)/t13-/m1/s1. The Labute approximate surface area is 158 Å². The molecule has 0 saturated carbocycles. The molecule has 1 N–H and O–H groups in total. The van der Waals surface area contributed by atoms with Crippen molar-refractivity contribution < 1.29 is 23.2 Å². The second-order valence-corrected chi connectivity index (χ2v) is 6.92. The number of anilines is 1.